The first-order chi connectivity index (χ1) is 14.4. The van der Waals surface area contributed by atoms with Gasteiger partial charge in [-0.15, -0.1) is 11.3 Å². The third-order valence-corrected chi connectivity index (χ3v) is 7.12. The van der Waals surface area contributed by atoms with Gasteiger partial charge in [0.15, 0.2) is 0 Å². The van der Waals surface area contributed by atoms with Gasteiger partial charge in [0.05, 0.1) is 11.9 Å². The summed E-state index contributed by atoms with van der Waals surface area (Å²) in [6.07, 6.45) is 2.42. The van der Waals surface area contributed by atoms with Gasteiger partial charge < -0.3 is 11.1 Å². The Morgan fingerprint density at radius 3 is 2.60 bits per heavy atom. The third kappa shape index (κ3) is 4.32. The van der Waals surface area contributed by atoms with Gasteiger partial charge in [-0.25, -0.2) is 9.97 Å². The van der Waals surface area contributed by atoms with Gasteiger partial charge in [-0.05, 0) is 56.8 Å². The molecule has 1 atom stereocenters. The number of nitrogens with two attached hydrogens (primary N) is 1. The molecule has 1 aliphatic heterocycles. The average Bonchev–Trinajstić information content (AvgIpc) is 3.02. The molecule has 158 valence electrons. The van der Waals surface area contributed by atoms with Crippen LogP contribution < -0.4 is 11.1 Å². The molecule has 1 fully saturated rings. The summed E-state index contributed by atoms with van der Waals surface area (Å²) < 4.78 is 0. The highest BCUT2D eigenvalue weighted by atomic mass is 32.1. The molecule has 30 heavy (non-hydrogen) atoms. The zero-order valence-electron chi connectivity index (χ0n) is 17.8. The molecule has 0 spiro atoms. The molecule has 0 aliphatic carbocycles. The van der Waals surface area contributed by atoms with Crippen molar-refractivity contribution in [3.05, 3.63) is 52.2 Å². The number of rotatable bonds is 6. The fourth-order valence-electron chi connectivity index (χ4n) is 3.99. The topological polar surface area (TPSA) is 84.1 Å². The first-order valence-electron chi connectivity index (χ1n) is 10.5. The SMILES string of the molecule is Cc1sc2nc(CN3CCC(C)CC3)nc(NC(C(N)=O)c3ccccc3)c2c1C. The van der Waals surface area contributed by atoms with Crippen molar-refractivity contribution in [2.24, 2.45) is 11.7 Å². The number of nitrogens with one attached hydrogen (secondary N) is 1. The highest BCUT2D eigenvalue weighted by Gasteiger charge is 2.23. The van der Waals surface area contributed by atoms with Crippen molar-refractivity contribution in [1.29, 1.82) is 0 Å². The molecule has 6 nitrogen and oxygen atoms in total. The molecule has 1 unspecified atom stereocenters. The zero-order chi connectivity index (χ0) is 21.3. The number of benzene rings is 1. The van der Waals surface area contributed by atoms with Crippen molar-refractivity contribution in [1.82, 2.24) is 14.9 Å². The smallest absolute Gasteiger partial charge is 0.244 e. The lowest BCUT2D eigenvalue weighted by Crippen LogP contribution is -2.33. The van der Waals surface area contributed by atoms with Crippen LogP contribution in [0.15, 0.2) is 30.3 Å². The molecule has 1 saturated heterocycles. The van der Waals surface area contributed by atoms with E-state index in [4.69, 9.17) is 15.7 Å². The normalized spacial score (nSPS) is 16.6. The molecule has 4 rings (SSSR count). The Kier molecular flexibility index (Phi) is 6.01. The number of carbonyl (C=O) groups is 1. The summed E-state index contributed by atoms with van der Waals surface area (Å²) in [5.74, 6) is 1.84. The van der Waals surface area contributed by atoms with E-state index in [0.717, 1.165) is 52.7 Å². The second-order valence-electron chi connectivity index (χ2n) is 8.30. The van der Waals surface area contributed by atoms with Crippen molar-refractivity contribution in [3.63, 3.8) is 0 Å². The molecule has 2 aromatic heterocycles. The van der Waals surface area contributed by atoms with Gasteiger partial charge in [0, 0.05) is 4.88 Å². The van der Waals surface area contributed by atoms with Crippen molar-refractivity contribution in [2.45, 2.75) is 46.2 Å². The molecule has 0 saturated carbocycles. The molecule has 7 heteroatoms. The average molecular weight is 424 g/mol. The van der Waals surface area contributed by atoms with Crippen molar-refractivity contribution >= 4 is 33.3 Å². The number of fused-ring (bicyclic) bond motifs is 1. The van der Waals surface area contributed by atoms with E-state index in [1.165, 1.54) is 17.7 Å². The minimum absolute atomic E-state index is 0.427. The molecule has 1 amide bonds. The van der Waals surface area contributed by atoms with Gasteiger partial charge in [0.25, 0.3) is 0 Å². The maximum Gasteiger partial charge on any atom is 0.244 e. The van der Waals surface area contributed by atoms with E-state index in [2.05, 4.69) is 31.0 Å². The van der Waals surface area contributed by atoms with Gasteiger partial charge in [-0.1, -0.05) is 37.3 Å². The molecule has 0 bridgehead atoms. The monoisotopic (exact) mass is 423 g/mol. The van der Waals surface area contributed by atoms with E-state index < -0.39 is 11.9 Å². The summed E-state index contributed by atoms with van der Waals surface area (Å²) in [7, 11) is 0. The molecule has 1 aliphatic rings. The molecular formula is C23H29N5OS. The number of nitrogens with zero attached hydrogens (tertiary/aromatic N) is 3. The van der Waals surface area contributed by atoms with E-state index in [1.807, 2.05) is 30.3 Å². The fourth-order valence-corrected chi connectivity index (χ4v) is 5.04. The maximum absolute atomic E-state index is 12.3. The summed E-state index contributed by atoms with van der Waals surface area (Å²) in [6, 6.07) is 8.91. The van der Waals surface area contributed by atoms with Crippen molar-refractivity contribution in [2.75, 3.05) is 18.4 Å². The second kappa shape index (κ2) is 8.70. The molecule has 3 N–H and O–H groups in total. The first-order valence-corrected chi connectivity index (χ1v) is 11.3. The maximum atomic E-state index is 12.3. The lowest BCUT2D eigenvalue weighted by molar-refractivity contribution is -0.118. The Morgan fingerprint density at radius 1 is 1.23 bits per heavy atom. The Labute approximate surface area is 181 Å². The summed E-state index contributed by atoms with van der Waals surface area (Å²) >= 11 is 1.67. The number of hydrogen-bond acceptors (Lipinski definition) is 6. The zero-order valence-corrected chi connectivity index (χ0v) is 18.6. The quantitative estimate of drug-likeness (QED) is 0.621. The van der Waals surface area contributed by atoms with Crippen molar-refractivity contribution < 1.29 is 4.79 Å². The van der Waals surface area contributed by atoms with Crippen LogP contribution in [0.1, 0.15) is 47.6 Å². The fraction of sp³-hybridized carbons (Fsp3) is 0.435. The number of aryl methyl sites for hydroxylation is 2. The standard InChI is InChI=1S/C23H29N5OS/c1-14-9-11-28(12-10-14)13-18-25-22(19-15(2)16(3)30-23(19)26-18)27-20(21(24)29)17-7-5-4-6-8-17/h4-8,14,20H,9-13H2,1-3H3,(H2,24,29)(H,25,26,27). The number of carbonyl (C=O) groups excluding carboxylic acids is 1. The predicted octanol–water partition coefficient (Wildman–Crippen LogP) is 4.18. The molecule has 3 aromatic rings. The molecule has 3 heterocycles. The first kappa shape index (κ1) is 20.8. The Balaban J connectivity index is 1.70. The minimum Gasteiger partial charge on any atom is -0.368 e. The number of hydrogen-bond donors (Lipinski definition) is 2. The number of amides is 1. The van der Waals surface area contributed by atoms with E-state index in [1.54, 1.807) is 11.3 Å². The summed E-state index contributed by atoms with van der Waals surface area (Å²) in [5, 5.41) is 4.32. The van der Waals surface area contributed by atoms with E-state index >= 15 is 0 Å². The molecular weight excluding hydrogens is 394 g/mol. The van der Waals surface area contributed by atoms with Gasteiger partial charge >= 0.3 is 0 Å². The van der Waals surface area contributed by atoms with E-state index in [-0.39, 0.29) is 0 Å². The minimum atomic E-state index is -0.646. The van der Waals surface area contributed by atoms with E-state index in [9.17, 15) is 4.79 Å². The van der Waals surface area contributed by atoms with Crippen molar-refractivity contribution in [3.8, 4) is 0 Å². The summed E-state index contributed by atoms with van der Waals surface area (Å²) in [5.41, 5.74) is 7.73. The Hall–Kier alpha value is -2.51. The molecule has 0 radical (unpaired) electrons. The Morgan fingerprint density at radius 2 is 1.93 bits per heavy atom. The third-order valence-electron chi connectivity index (χ3n) is 6.01. The van der Waals surface area contributed by atoms with Gasteiger partial charge in [0.1, 0.15) is 22.5 Å². The number of piperidine rings is 1. The van der Waals surface area contributed by atoms with Crippen LogP contribution in [0.5, 0.6) is 0 Å². The Bertz CT molecular complexity index is 1040. The van der Waals surface area contributed by atoms with Crippen LogP contribution >= 0.6 is 11.3 Å². The largest absolute Gasteiger partial charge is 0.368 e. The summed E-state index contributed by atoms with van der Waals surface area (Å²) in [6.45, 7) is 9.35. The number of primary amides is 1. The van der Waals surface area contributed by atoms with Crippen LogP contribution in [0.4, 0.5) is 5.82 Å². The van der Waals surface area contributed by atoms with Crippen LogP contribution in [-0.4, -0.2) is 33.9 Å². The van der Waals surface area contributed by atoms with Crippen LogP contribution in [0.25, 0.3) is 10.2 Å². The van der Waals surface area contributed by atoms with Crippen LogP contribution in [-0.2, 0) is 11.3 Å². The van der Waals surface area contributed by atoms with Gasteiger partial charge in [-0.3, -0.25) is 9.69 Å². The molecule has 1 aromatic carbocycles. The van der Waals surface area contributed by atoms with Crippen LogP contribution in [0, 0.1) is 19.8 Å². The van der Waals surface area contributed by atoms with Gasteiger partial charge in [0.2, 0.25) is 5.91 Å². The summed E-state index contributed by atoms with van der Waals surface area (Å²) in [4.78, 5) is 26.6. The van der Waals surface area contributed by atoms with Crippen LogP contribution in [0.3, 0.4) is 0 Å². The number of anilines is 1. The number of thiophene rings is 1. The van der Waals surface area contributed by atoms with E-state index in [0.29, 0.717) is 5.82 Å². The number of likely N-dealkylation sites (tertiary alicyclic amines) is 1. The van der Waals surface area contributed by atoms with Gasteiger partial charge in [-0.2, -0.15) is 0 Å². The second-order valence-corrected chi connectivity index (χ2v) is 9.50. The predicted molar refractivity (Wildman–Crippen MR) is 123 cm³/mol. The number of aromatic nitrogens is 2. The highest BCUT2D eigenvalue weighted by molar-refractivity contribution is 7.18. The lowest BCUT2D eigenvalue weighted by atomic mass is 9.99. The lowest BCUT2D eigenvalue weighted by Gasteiger charge is -2.29. The highest BCUT2D eigenvalue weighted by Crippen LogP contribution is 2.35. The van der Waals surface area contributed by atoms with Crippen LogP contribution in [0.2, 0.25) is 0 Å².